The Morgan fingerprint density at radius 3 is 2.06 bits per heavy atom. The number of rotatable bonds is 6. The number of fused-ring (bicyclic) bond motifs is 8. The fraction of sp³-hybridized carbons (Fsp3) is 0.183. The minimum absolute atomic E-state index is 0.0437. The number of ether oxygens (including phenoxy) is 1. The van der Waals surface area contributed by atoms with Gasteiger partial charge in [-0.3, -0.25) is 4.99 Å². The number of aliphatic imine (C=N–C) groups is 1. The molecule has 0 fully saturated rings. The number of benzene rings is 8. The summed E-state index contributed by atoms with van der Waals surface area (Å²) in [6, 6.07) is 63.1. The molecule has 12 rings (SSSR count). The van der Waals surface area contributed by atoms with Crippen molar-refractivity contribution in [1.29, 1.82) is 0 Å². The monoisotopic (exact) mass is 814 g/mol. The minimum atomic E-state index is -0.0720. The van der Waals surface area contributed by atoms with Gasteiger partial charge in [0.05, 0.1) is 22.8 Å². The molecule has 0 radical (unpaired) electrons. The van der Waals surface area contributed by atoms with Crippen LogP contribution in [0.4, 0.5) is 0 Å². The first-order valence-corrected chi connectivity index (χ1v) is 22.9. The Hall–Kier alpha value is -6.97. The second-order valence-corrected chi connectivity index (χ2v) is 18.1. The van der Waals surface area contributed by atoms with Gasteiger partial charge in [-0.1, -0.05) is 166 Å². The van der Waals surface area contributed by atoms with Gasteiger partial charge >= 0.3 is 0 Å². The quantitative estimate of drug-likeness (QED) is 0.164. The number of hydrogen-bond acceptors (Lipinski definition) is 2. The first-order chi connectivity index (χ1) is 31.1. The van der Waals surface area contributed by atoms with Crippen LogP contribution in [0.2, 0.25) is 0 Å². The van der Waals surface area contributed by atoms with E-state index in [-0.39, 0.29) is 29.9 Å². The van der Waals surface area contributed by atoms with E-state index in [0.717, 1.165) is 25.0 Å². The second-order valence-electron chi connectivity index (χ2n) is 18.1. The fourth-order valence-electron chi connectivity index (χ4n) is 11.3. The molecule has 1 aliphatic carbocycles. The Bertz CT molecular complexity index is 3300. The summed E-state index contributed by atoms with van der Waals surface area (Å²) < 4.78 is 9.52. The van der Waals surface area contributed by atoms with Gasteiger partial charge in [-0.2, -0.15) is 0 Å². The molecule has 3 nitrogen and oxygen atoms in total. The van der Waals surface area contributed by atoms with E-state index in [1.165, 1.54) is 88.1 Å². The van der Waals surface area contributed by atoms with Crippen molar-refractivity contribution in [2.75, 3.05) is 0 Å². The van der Waals surface area contributed by atoms with Crippen molar-refractivity contribution < 1.29 is 4.74 Å². The smallest absolute Gasteiger partial charge is 0.128 e. The Kier molecular flexibility index (Phi) is 9.25. The zero-order valence-electron chi connectivity index (χ0n) is 35.9. The summed E-state index contributed by atoms with van der Waals surface area (Å²) in [5.41, 5.74) is 12.4. The van der Waals surface area contributed by atoms with Gasteiger partial charge in [0.2, 0.25) is 0 Å². The van der Waals surface area contributed by atoms with E-state index in [0.29, 0.717) is 5.92 Å². The number of para-hydroxylation sites is 1. The van der Waals surface area contributed by atoms with Crippen molar-refractivity contribution >= 4 is 49.1 Å². The highest BCUT2D eigenvalue weighted by Crippen LogP contribution is 2.50. The molecule has 3 aliphatic rings. The second kappa shape index (κ2) is 15.4. The lowest BCUT2D eigenvalue weighted by molar-refractivity contribution is 0.268. The minimum Gasteiger partial charge on any atom is -0.485 e. The van der Waals surface area contributed by atoms with Gasteiger partial charge in [0.25, 0.3) is 0 Å². The van der Waals surface area contributed by atoms with E-state index in [1.807, 2.05) is 0 Å². The molecule has 63 heavy (non-hydrogen) atoms. The van der Waals surface area contributed by atoms with E-state index in [4.69, 9.17) is 9.73 Å². The van der Waals surface area contributed by atoms with Gasteiger partial charge < -0.3 is 9.30 Å². The Labute approximate surface area is 369 Å². The molecule has 0 bridgehead atoms. The normalized spacial score (nSPS) is 21.8. The maximum absolute atomic E-state index is 6.99. The lowest BCUT2D eigenvalue weighted by Crippen LogP contribution is -2.28. The van der Waals surface area contributed by atoms with Crippen molar-refractivity contribution in [1.82, 2.24) is 4.57 Å². The van der Waals surface area contributed by atoms with Gasteiger partial charge in [0, 0.05) is 33.9 Å². The average Bonchev–Trinajstić information content (AvgIpc) is 3.87. The van der Waals surface area contributed by atoms with Crippen LogP contribution < -0.4 is 4.74 Å². The van der Waals surface area contributed by atoms with Crippen molar-refractivity contribution in [2.45, 2.75) is 57.1 Å². The first kappa shape index (κ1) is 37.8. The molecule has 8 aromatic carbocycles. The van der Waals surface area contributed by atoms with Crippen molar-refractivity contribution in [3.8, 4) is 22.6 Å². The van der Waals surface area contributed by atoms with Crippen LogP contribution in [0.15, 0.2) is 199 Å². The average molecular weight is 815 g/mol. The number of aromatic nitrogens is 1. The van der Waals surface area contributed by atoms with Crippen LogP contribution in [0.1, 0.15) is 73.2 Å². The highest BCUT2D eigenvalue weighted by molar-refractivity contribution is 6.14. The molecular formula is C60H50N2O. The van der Waals surface area contributed by atoms with Gasteiger partial charge in [0.1, 0.15) is 11.9 Å². The molecule has 1 aromatic heterocycles. The molecule has 6 atom stereocenters. The predicted molar refractivity (Wildman–Crippen MR) is 264 cm³/mol. The van der Waals surface area contributed by atoms with Crippen LogP contribution in [0.25, 0.3) is 60.2 Å². The summed E-state index contributed by atoms with van der Waals surface area (Å²) in [5, 5.41) is 7.52. The van der Waals surface area contributed by atoms with E-state index in [1.54, 1.807) is 0 Å². The molecule has 0 spiro atoms. The standard InChI is InChI=1S/C60H50N2O/c1-3-48-49(42-29-26-41(27-30-42)39-15-5-4-6-16-39)32-25-38(2)59(61-60(48)46-31-28-40-17-7-8-18-43(40)33-46)47-36-55(58-51-22-12-14-24-56(51)63-57(58)37-47)62-53-23-13-11-21-50(53)52-34-44-19-9-10-20-45(44)35-54(52)62/h4-24,26-31,33-38,48-49,51,56,59H,3,25,32H2,1-2H3. The Balaban J connectivity index is 1.06. The van der Waals surface area contributed by atoms with Crippen LogP contribution >= 0.6 is 0 Å². The molecule has 306 valence electrons. The lowest BCUT2D eigenvalue weighted by Gasteiger charge is -2.35. The number of allylic oxidation sites excluding steroid dienone is 2. The molecule has 0 amide bonds. The van der Waals surface area contributed by atoms with Crippen molar-refractivity contribution in [2.24, 2.45) is 16.8 Å². The van der Waals surface area contributed by atoms with Crippen molar-refractivity contribution in [3.05, 3.63) is 216 Å². The summed E-state index contributed by atoms with van der Waals surface area (Å²) in [6.45, 7) is 4.79. The van der Waals surface area contributed by atoms with E-state index >= 15 is 0 Å². The predicted octanol–water partition coefficient (Wildman–Crippen LogP) is 15.5. The van der Waals surface area contributed by atoms with E-state index in [9.17, 15) is 0 Å². The van der Waals surface area contributed by atoms with Crippen molar-refractivity contribution in [3.63, 3.8) is 0 Å². The van der Waals surface area contributed by atoms with Crippen LogP contribution in [-0.2, 0) is 0 Å². The molecule has 0 saturated heterocycles. The summed E-state index contributed by atoms with van der Waals surface area (Å²) in [6.07, 6.45) is 12.0. The summed E-state index contributed by atoms with van der Waals surface area (Å²) in [4.78, 5) is 6.09. The largest absolute Gasteiger partial charge is 0.485 e. The maximum atomic E-state index is 6.99. The Morgan fingerprint density at radius 2 is 1.25 bits per heavy atom. The molecule has 0 saturated carbocycles. The molecule has 6 unspecified atom stereocenters. The molecule has 9 aromatic rings. The zero-order chi connectivity index (χ0) is 42.0. The summed E-state index contributed by atoms with van der Waals surface area (Å²) >= 11 is 0. The molecular weight excluding hydrogens is 765 g/mol. The first-order valence-electron chi connectivity index (χ1n) is 22.9. The van der Waals surface area contributed by atoms with Crippen LogP contribution in [0, 0.1) is 11.8 Å². The Morgan fingerprint density at radius 1 is 0.571 bits per heavy atom. The van der Waals surface area contributed by atoms with Gasteiger partial charge in [-0.15, -0.1) is 0 Å². The zero-order valence-corrected chi connectivity index (χ0v) is 35.9. The third-order valence-electron chi connectivity index (χ3n) is 14.5. The highest BCUT2D eigenvalue weighted by Gasteiger charge is 2.38. The third kappa shape index (κ3) is 6.44. The maximum Gasteiger partial charge on any atom is 0.128 e. The van der Waals surface area contributed by atoms with Gasteiger partial charge in [0.15, 0.2) is 0 Å². The highest BCUT2D eigenvalue weighted by atomic mass is 16.5. The van der Waals surface area contributed by atoms with Crippen LogP contribution in [0.5, 0.6) is 5.75 Å². The van der Waals surface area contributed by atoms with Crippen LogP contribution in [0.3, 0.4) is 0 Å². The molecule has 0 N–H and O–H groups in total. The summed E-state index contributed by atoms with van der Waals surface area (Å²) in [7, 11) is 0. The molecule has 2 aliphatic heterocycles. The van der Waals surface area contributed by atoms with E-state index in [2.05, 4.69) is 213 Å². The number of nitrogens with zero attached hydrogens (tertiary/aromatic N) is 2. The van der Waals surface area contributed by atoms with Crippen LogP contribution in [-0.4, -0.2) is 16.4 Å². The van der Waals surface area contributed by atoms with Gasteiger partial charge in [-0.05, 0) is 123 Å². The van der Waals surface area contributed by atoms with E-state index < -0.39 is 0 Å². The third-order valence-corrected chi connectivity index (χ3v) is 14.5. The fourth-order valence-corrected chi connectivity index (χ4v) is 11.3. The topological polar surface area (TPSA) is 26.5 Å². The number of hydrogen-bond donors (Lipinski definition) is 0. The SMILES string of the molecule is CCC1C(c2ccc3ccccc3c2)=NC(c2cc3c(c(-n4c5ccccc5c5cc6ccccc6cc54)c2)C2C=CC=CC2O3)C(C)CCC1c1ccc(-c2ccccc2)cc1. The summed E-state index contributed by atoms with van der Waals surface area (Å²) in [5.74, 6) is 1.94. The van der Waals surface area contributed by atoms with Gasteiger partial charge in [-0.25, -0.2) is 0 Å². The molecule has 3 heteroatoms. The lowest BCUT2D eigenvalue weighted by atomic mass is 9.73. The molecule has 3 heterocycles.